The molecule has 0 aliphatic rings. The highest BCUT2D eigenvalue weighted by Crippen LogP contribution is 2.45. The molecule has 0 aromatic heterocycles. The van der Waals surface area contributed by atoms with Crippen LogP contribution in [0.3, 0.4) is 0 Å². The predicted molar refractivity (Wildman–Crippen MR) is 335 cm³/mol. The number of aliphatic hydroxyl groups excluding tert-OH is 1. The molecule has 0 spiro atoms. The lowest BCUT2D eigenvalue weighted by atomic mass is 9.99. The summed E-state index contributed by atoms with van der Waals surface area (Å²) in [4.78, 5) is 72.3. The van der Waals surface area contributed by atoms with Gasteiger partial charge < -0.3 is 33.8 Å². The molecule has 0 aromatic rings. The van der Waals surface area contributed by atoms with Crippen LogP contribution in [0.4, 0.5) is 0 Å². The maximum Gasteiger partial charge on any atom is 0.472 e. The molecule has 19 heteroatoms. The predicted octanol–water partition coefficient (Wildman–Crippen LogP) is 17.8. The average molecular weight is 1240 g/mol. The number of hydrogen-bond acceptors (Lipinski definition) is 15. The number of phosphoric ester groups is 2. The summed E-state index contributed by atoms with van der Waals surface area (Å²) in [5, 5.41) is 10.5. The third-order valence-corrected chi connectivity index (χ3v) is 17.4. The molecular weight excluding hydrogens is 1110 g/mol. The van der Waals surface area contributed by atoms with E-state index in [0.29, 0.717) is 31.6 Å². The number of unbranched alkanes of at least 4 members (excludes halogenated alkanes) is 26. The van der Waals surface area contributed by atoms with E-state index < -0.39 is 97.5 Å². The van der Waals surface area contributed by atoms with E-state index in [0.717, 1.165) is 114 Å². The number of carbonyl (C=O) groups is 4. The maximum atomic E-state index is 13.0. The molecule has 498 valence electrons. The molecule has 0 amide bonds. The molecule has 0 aromatic carbocycles. The number of carbonyl (C=O) groups excluding carboxylic acids is 4. The first-order valence-corrected chi connectivity index (χ1v) is 36.8. The van der Waals surface area contributed by atoms with Crippen LogP contribution >= 0.6 is 15.6 Å². The Labute approximate surface area is 511 Å². The van der Waals surface area contributed by atoms with Gasteiger partial charge in [-0.3, -0.25) is 37.3 Å². The molecular formula is C65H126O17P2. The summed E-state index contributed by atoms with van der Waals surface area (Å²) < 4.78 is 68.0. The van der Waals surface area contributed by atoms with Crippen molar-refractivity contribution in [2.45, 2.75) is 331 Å². The van der Waals surface area contributed by atoms with Crippen LogP contribution in [0.1, 0.15) is 312 Å². The molecule has 4 unspecified atom stereocenters. The summed E-state index contributed by atoms with van der Waals surface area (Å²) in [7, 11) is -9.89. The van der Waals surface area contributed by atoms with E-state index in [1.165, 1.54) is 109 Å². The van der Waals surface area contributed by atoms with Crippen molar-refractivity contribution >= 4 is 39.5 Å². The van der Waals surface area contributed by atoms with E-state index in [2.05, 4.69) is 55.4 Å². The van der Waals surface area contributed by atoms with Gasteiger partial charge in [0.05, 0.1) is 26.4 Å². The SMILES string of the molecule is CCC(C)CCCCCCCCCCC(=O)OC[C@H](COP(=O)(O)OC[C@@H](O)COP(=O)(O)OC[C@@H](COC(=O)CCCCCCCCC(C)C)OC(=O)CCCCCCCCCCC(C)CC)OC(=O)CCCCCCCCCCC(C)C. The van der Waals surface area contributed by atoms with Gasteiger partial charge in [0, 0.05) is 25.7 Å². The maximum absolute atomic E-state index is 13.0. The third-order valence-electron chi connectivity index (χ3n) is 15.5. The summed E-state index contributed by atoms with van der Waals surface area (Å²) in [6, 6.07) is 0. The zero-order valence-electron chi connectivity index (χ0n) is 54.5. The summed E-state index contributed by atoms with van der Waals surface area (Å²) in [5.41, 5.74) is 0. The third kappa shape index (κ3) is 56.6. The molecule has 3 N–H and O–H groups in total. The number of aliphatic hydroxyl groups is 1. The van der Waals surface area contributed by atoms with Gasteiger partial charge in [0.1, 0.15) is 19.3 Å². The fraction of sp³-hybridized carbons (Fsp3) is 0.938. The molecule has 0 saturated heterocycles. The highest BCUT2D eigenvalue weighted by molar-refractivity contribution is 7.47. The second-order valence-corrected chi connectivity index (χ2v) is 27.8. The average Bonchev–Trinajstić information content (AvgIpc) is 3.45. The molecule has 0 radical (unpaired) electrons. The summed E-state index contributed by atoms with van der Waals surface area (Å²) in [5.74, 6) is 0.804. The monoisotopic (exact) mass is 1240 g/mol. The highest BCUT2D eigenvalue weighted by atomic mass is 31.2. The number of hydrogen-bond donors (Lipinski definition) is 3. The van der Waals surface area contributed by atoms with Crippen molar-refractivity contribution < 1.29 is 80.2 Å². The first kappa shape index (κ1) is 82.1. The summed E-state index contributed by atoms with van der Waals surface area (Å²) in [6.45, 7) is 14.0. The van der Waals surface area contributed by atoms with E-state index >= 15 is 0 Å². The van der Waals surface area contributed by atoms with Crippen molar-refractivity contribution in [3.63, 3.8) is 0 Å². The Balaban J connectivity index is 5.26. The van der Waals surface area contributed by atoms with Crippen molar-refractivity contribution in [2.24, 2.45) is 23.7 Å². The molecule has 0 fully saturated rings. The summed E-state index contributed by atoms with van der Waals surface area (Å²) >= 11 is 0. The van der Waals surface area contributed by atoms with E-state index in [-0.39, 0.29) is 25.7 Å². The molecule has 0 heterocycles. The van der Waals surface area contributed by atoms with Crippen LogP contribution in [0, 0.1) is 23.7 Å². The number of esters is 4. The zero-order valence-corrected chi connectivity index (χ0v) is 56.3. The van der Waals surface area contributed by atoms with E-state index in [9.17, 15) is 43.2 Å². The van der Waals surface area contributed by atoms with Gasteiger partial charge >= 0.3 is 39.5 Å². The molecule has 0 bridgehead atoms. The Morgan fingerprint density at radius 3 is 0.845 bits per heavy atom. The van der Waals surface area contributed by atoms with Gasteiger partial charge in [-0.1, -0.05) is 261 Å². The van der Waals surface area contributed by atoms with Crippen molar-refractivity contribution in [2.75, 3.05) is 39.6 Å². The van der Waals surface area contributed by atoms with Gasteiger partial charge in [-0.05, 0) is 49.4 Å². The fourth-order valence-electron chi connectivity index (χ4n) is 9.54. The molecule has 84 heavy (non-hydrogen) atoms. The van der Waals surface area contributed by atoms with Gasteiger partial charge in [-0.25, -0.2) is 9.13 Å². The van der Waals surface area contributed by atoms with Gasteiger partial charge in [-0.15, -0.1) is 0 Å². The minimum Gasteiger partial charge on any atom is -0.462 e. The van der Waals surface area contributed by atoms with Crippen LogP contribution in [-0.2, 0) is 65.4 Å². The minimum absolute atomic E-state index is 0.103. The number of ether oxygens (including phenoxy) is 4. The molecule has 17 nitrogen and oxygen atoms in total. The first-order valence-electron chi connectivity index (χ1n) is 33.8. The van der Waals surface area contributed by atoms with Crippen LogP contribution in [-0.4, -0.2) is 96.7 Å². The standard InChI is InChI=1S/C65H126O17P2/c1-9-57(7)43-35-27-18-12-15-20-29-37-45-62(67)75-51-60(81-64(69)47-39-31-21-14-11-17-25-33-41-55(3)4)53-79-83(71,72)77-49-59(66)50-78-84(73,74)80-54-61(52-76-63(68)46-38-30-24-23-26-34-42-56(5)6)82-65(70)48-40-32-22-16-13-19-28-36-44-58(8)10-2/h55-61,66H,9-54H2,1-8H3,(H,71,72)(H,73,74)/t57?,58?,59-,60-,61-/m1/s1. The Morgan fingerprint density at radius 2 is 0.571 bits per heavy atom. The van der Waals surface area contributed by atoms with E-state index in [1.54, 1.807) is 0 Å². The van der Waals surface area contributed by atoms with E-state index in [1.807, 2.05) is 0 Å². The largest absolute Gasteiger partial charge is 0.472 e. The molecule has 7 atom stereocenters. The number of phosphoric acid groups is 2. The first-order chi connectivity index (χ1) is 40.2. The zero-order chi connectivity index (χ0) is 62.5. The van der Waals surface area contributed by atoms with Crippen LogP contribution in [0.5, 0.6) is 0 Å². The molecule has 0 aliphatic heterocycles. The Bertz CT molecular complexity index is 1680. The quantitative estimate of drug-likeness (QED) is 0.0222. The topological polar surface area (TPSA) is 237 Å². The second kappa shape index (κ2) is 55.2. The van der Waals surface area contributed by atoms with Gasteiger partial charge in [-0.2, -0.15) is 0 Å². The lowest BCUT2D eigenvalue weighted by Crippen LogP contribution is -2.30. The molecule has 0 rings (SSSR count). The van der Waals surface area contributed by atoms with Crippen LogP contribution in [0.2, 0.25) is 0 Å². The smallest absolute Gasteiger partial charge is 0.462 e. The van der Waals surface area contributed by atoms with Crippen molar-refractivity contribution in [3.8, 4) is 0 Å². The molecule has 0 saturated carbocycles. The number of rotatable bonds is 62. The van der Waals surface area contributed by atoms with Crippen molar-refractivity contribution in [1.29, 1.82) is 0 Å². The van der Waals surface area contributed by atoms with Crippen LogP contribution in [0.15, 0.2) is 0 Å². The van der Waals surface area contributed by atoms with Crippen LogP contribution in [0.25, 0.3) is 0 Å². The van der Waals surface area contributed by atoms with Crippen LogP contribution < -0.4 is 0 Å². The van der Waals surface area contributed by atoms with Crippen molar-refractivity contribution in [3.05, 3.63) is 0 Å². The second-order valence-electron chi connectivity index (χ2n) is 24.9. The minimum atomic E-state index is -4.95. The van der Waals surface area contributed by atoms with Gasteiger partial charge in [0.2, 0.25) is 0 Å². The Morgan fingerprint density at radius 1 is 0.333 bits per heavy atom. The molecule has 0 aliphatic carbocycles. The lowest BCUT2D eigenvalue weighted by molar-refractivity contribution is -0.161. The van der Waals surface area contributed by atoms with E-state index in [4.69, 9.17) is 37.0 Å². The normalized spacial score (nSPS) is 15.1. The van der Waals surface area contributed by atoms with Gasteiger partial charge in [0.25, 0.3) is 0 Å². The lowest BCUT2D eigenvalue weighted by Gasteiger charge is -2.21. The summed E-state index contributed by atoms with van der Waals surface area (Å²) in [6.07, 6.45) is 34.9. The Kier molecular flexibility index (Phi) is 53.9. The van der Waals surface area contributed by atoms with Crippen molar-refractivity contribution in [1.82, 2.24) is 0 Å². The van der Waals surface area contributed by atoms with Gasteiger partial charge in [0.15, 0.2) is 12.2 Å². The fourth-order valence-corrected chi connectivity index (χ4v) is 11.1. The highest BCUT2D eigenvalue weighted by Gasteiger charge is 2.30. The Hall–Kier alpha value is -1.94.